The normalized spacial score (nSPS) is 16.2. The first kappa shape index (κ1) is 16.4. The predicted molar refractivity (Wildman–Crippen MR) is 93.8 cm³/mol. The molecule has 1 aliphatic carbocycles. The Kier molecular flexibility index (Phi) is 5.04. The Labute approximate surface area is 142 Å². The standard InChI is InChI=1S/C20H23NO3/c1-3-24-18-12-11-15(13-19(18)23-2)20(22)21-17-10-6-8-14-7-4-5-9-16(14)17/h4-5,7,9,11-13,17H,3,6,8,10H2,1-2H3,(H,21,22). The molecule has 1 aliphatic rings. The molecule has 0 radical (unpaired) electrons. The van der Waals surface area contributed by atoms with Gasteiger partial charge in [-0.1, -0.05) is 24.3 Å². The maximum Gasteiger partial charge on any atom is 0.251 e. The molecule has 4 nitrogen and oxygen atoms in total. The van der Waals surface area contributed by atoms with Gasteiger partial charge in [0.1, 0.15) is 0 Å². The summed E-state index contributed by atoms with van der Waals surface area (Å²) in [5, 5.41) is 3.16. The molecular formula is C20H23NO3. The Morgan fingerprint density at radius 1 is 1.21 bits per heavy atom. The minimum Gasteiger partial charge on any atom is -0.493 e. The van der Waals surface area contributed by atoms with Gasteiger partial charge >= 0.3 is 0 Å². The van der Waals surface area contributed by atoms with Gasteiger partial charge in [-0.05, 0) is 55.5 Å². The van der Waals surface area contributed by atoms with Gasteiger partial charge in [0.25, 0.3) is 5.91 Å². The Morgan fingerprint density at radius 3 is 2.83 bits per heavy atom. The van der Waals surface area contributed by atoms with E-state index in [1.807, 2.05) is 13.0 Å². The summed E-state index contributed by atoms with van der Waals surface area (Å²) in [5.41, 5.74) is 3.15. The second-order valence-corrected chi connectivity index (χ2v) is 5.92. The lowest BCUT2D eigenvalue weighted by molar-refractivity contribution is 0.0932. The van der Waals surface area contributed by atoms with Crippen molar-refractivity contribution in [1.82, 2.24) is 5.32 Å². The van der Waals surface area contributed by atoms with Gasteiger partial charge < -0.3 is 14.8 Å². The zero-order chi connectivity index (χ0) is 16.9. The third-order valence-corrected chi connectivity index (χ3v) is 4.40. The first-order valence-electron chi connectivity index (χ1n) is 8.42. The second kappa shape index (κ2) is 7.39. The Morgan fingerprint density at radius 2 is 2.04 bits per heavy atom. The van der Waals surface area contributed by atoms with Crippen LogP contribution in [0.4, 0.5) is 0 Å². The number of aryl methyl sites for hydroxylation is 1. The van der Waals surface area contributed by atoms with Crippen molar-refractivity contribution in [1.29, 1.82) is 0 Å². The van der Waals surface area contributed by atoms with Gasteiger partial charge in [0.15, 0.2) is 11.5 Å². The van der Waals surface area contributed by atoms with Gasteiger partial charge in [-0.3, -0.25) is 4.79 Å². The van der Waals surface area contributed by atoms with Gasteiger partial charge in [-0.2, -0.15) is 0 Å². The maximum atomic E-state index is 12.7. The largest absolute Gasteiger partial charge is 0.493 e. The van der Waals surface area contributed by atoms with Crippen LogP contribution in [0.25, 0.3) is 0 Å². The SMILES string of the molecule is CCOc1ccc(C(=O)NC2CCCc3ccccc32)cc1OC. The van der Waals surface area contributed by atoms with Gasteiger partial charge in [0.05, 0.1) is 19.8 Å². The van der Waals surface area contributed by atoms with E-state index >= 15 is 0 Å². The van der Waals surface area contributed by atoms with Crippen molar-refractivity contribution >= 4 is 5.91 Å². The third-order valence-electron chi connectivity index (χ3n) is 4.40. The number of hydrogen-bond donors (Lipinski definition) is 1. The summed E-state index contributed by atoms with van der Waals surface area (Å²) in [6.45, 7) is 2.47. The van der Waals surface area contributed by atoms with Crippen LogP contribution in [0.15, 0.2) is 42.5 Å². The van der Waals surface area contributed by atoms with Gasteiger partial charge in [-0.15, -0.1) is 0 Å². The fourth-order valence-corrected chi connectivity index (χ4v) is 3.23. The van der Waals surface area contributed by atoms with Crippen molar-refractivity contribution in [2.45, 2.75) is 32.2 Å². The molecule has 1 N–H and O–H groups in total. The number of carbonyl (C=O) groups is 1. The van der Waals surface area contributed by atoms with Crippen molar-refractivity contribution in [3.8, 4) is 11.5 Å². The fourth-order valence-electron chi connectivity index (χ4n) is 3.23. The molecule has 0 fully saturated rings. The quantitative estimate of drug-likeness (QED) is 0.907. The summed E-state index contributed by atoms with van der Waals surface area (Å²) in [6, 6.07) is 13.7. The van der Waals surface area contributed by atoms with Crippen LogP contribution in [0.5, 0.6) is 11.5 Å². The minimum atomic E-state index is -0.0851. The monoisotopic (exact) mass is 325 g/mol. The highest BCUT2D eigenvalue weighted by molar-refractivity contribution is 5.95. The summed E-state index contributed by atoms with van der Waals surface area (Å²) in [4.78, 5) is 12.7. The molecule has 0 aromatic heterocycles. The third kappa shape index (κ3) is 3.37. The molecule has 0 bridgehead atoms. The molecule has 2 aromatic rings. The molecule has 0 saturated carbocycles. The number of nitrogens with one attached hydrogen (secondary N) is 1. The molecule has 126 valence electrons. The zero-order valence-electron chi connectivity index (χ0n) is 14.2. The summed E-state index contributed by atoms with van der Waals surface area (Å²) < 4.78 is 10.8. The smallest absolute Gasteiger partial charge is 0.251 e. The number of rotatable bonds is 5. The van der Waals surface area contributed by atoms with Crippen LogP contribution >= 0.6 is 0 Å². The molecule has 24 heavy (non-hydrogen) atoms. The molecular weight excluding hydrogens is 302 g/mol. The van der Waals surface area contributed by atoms with E-state index < -0.39 is 0 Å². The van der Waals surface area contributed by atoms with E-state index in [2.05, 4.69) is 23.5 Å². The van der Waals surface area contributed by atoms with E-state index in [0.29, 0.717) is 23.7 Å². The number of methoxy groups -OCH3 is 1. The Bertz CT molecular complexity index is 727. The molecule has 0 saturated heterocycles. The van der Waals surface area contributed by atoms with E-state index in [9.17, 15) is 4.79 Å². The number of amides is 1. The highest BCUT2D eigenvalue weighted by Gasteiger charge is 2.22. The highest BCUT2D eigenvalue weighted by atomic mass is 16.5. The van der Waals surface area contributed by atoms with Crippen LogP contribution in [0.1, 0.15) is 47.3 Å². The van der Waals surface area contributed by atoms with Crippen LogP contribution < -0.4 is 14.8 Å². The Hall–Kier alpha value is -2.49. The fraction of sp³-hybridized carbons (Fsp3) is 0.350. The van der Waals surface area contributed by atoms with Crippen molar-refractivity contribution in [2.24, 2.45) is 0 Å². The van der Waals surface area contributed by atoms with Gasteiger partial charge in [0, 0.05) is 5.56 Å². The molecule has 1 atom stereocenters. The van der Waals surface area contributed by atoms with Crippen molar-refractivity contribution in [3.63, 3.8) is 0 Å². The first-order valence-corrected chi connectivity index (χ1v) is 8.42. The molecule has 0 aliphatic heterocycles. The van der Waals surface area contributed by atoms with Gasteiger partial charge in [0.2, 0.25) is 0 Å². The summed E-state index contributed by atoms with van der Waals surface area (Å²) >= 11 is 0. The van der Waals surface area contributed by atoms with Crippen LogP contribution in [0.2, 0.25) is 0 Å². The van der Waals surface area contributed by atoms with E-state index in [-0.39, 0.29) is 11.9 Å². The molecule has 0 heterocycles. The highest BCUT2D eigenvalue weighted by Crippen LogP contribution is 2.31. The molecule has 1 amide bonds. The molecule has 3 rings (SSSR count). The predicted octanol–water partition coefficient (Wildman–Crippen LogP) is 3.90. The van der Waals surface area contributed by atoms with Crippen molar-refractivity contribution in [3.05, 3.63) is 59.2 Å². The zero-order valence-corrected chi connectivity index (χ0v) is 14.2. The van der Waals surface area contributed by atoms with Crippen molar-refractivity contribution < 1.29 is 14.3 Å². The van der Waals surface area contributed by atoms with E-state index in [0.717, 1.165) is 19.3 Å². The summed E-state index contributed by atoms with van der Waals surface area (Å²) in [7, 11) is 1.58. The lowest BCUT2D eigenvalue weighted by Crippen LogP contribution is -2.31. The molecule has 4 heteroatoms. The molecule has 1 unspecified atom stereocenters. The maximum absolute atomic E-state index is 12.7. The van der Waals surface area contributed by atoms with Crippen LogP contribution in [0.3, 0.4) is 0 Å². The summed E-state index contributed by atoms with van der Waals surface area (Å²) in [5.74, 6) is 1.14. The first-order chi connectivity index (χ1) is 11.7. The average Bonchev–Trinajstić information content (AvgIpc) is 2.62. The van der Waals surface area contributed by atoms with Crippen LogP contribution in [-0.2, 0) is 6.42 Å². The number of benzene rings is 2. The van der Waals surface area contributed by atoms with Crippen molar-refractivity contribution in [2.75, 3.05) is 13.7 Å². The molecule has 2 aromatic carbocycles. The Balaban J connectivity index is 1.78. The van der Waals surface area contributed by atoms with E-state index in [4.69, 9.17) is 9.47 Å². The average molecular weight is 325 g/mol. The lowest BCUT2D eigenvalue weighted by Gasteiger charge is -2.26. The van der Waals surface area contributed by atoms with Crippen LogP contribution in [0, 0.1) is 0 Å². The summed E-state index contributed by atoms with van der Waals surface area (Å²) in [6.07, 6.45) is 3.14. The molecule has 0 spiro atoms. The van der Waals surface area contributed by atoms with Gasteiger partial charge in [-0.25, -0.2) is 0 Å². The van der Waals surface area contributed by atoms with Crippen LogP contribution in [-0.4, -0.2) is 19.6 Å². The minimum absolute atomic E-state index is 0.0695. The number of carbonyl (C=O) groups excluding carboxylic acids is 1. The second-order valence-electron chi connectivity index (χ2n) is 5.92. The van der Waals surface area contributed by atoms with E-state index in [1.165, 1.54) is 11.1 Å². The topological polar surface area (TPSA) is 47.6 Å². The number of fused-ring (bicyclic) bond motifs is 1. The lowest BCUT2D eigenvalue weighted by atomic mass is 9.87. The van der Waals surface area contributed by atoms with E-state index in [1.54, 1.807) is 25.3 Å². The number of ether oxygens (including phenoxy) is 2. The number of hydrogen-bond acceptors (Lipinski definition) is 3.